The van der Waals surface area contributed by atoms with E-state index in [-0.39, 0.29) is 52.8 Å². The van der Waals surface area contributed by atoms with Crippen molar-refractivity contribution in [3.8, 4) is 23.0 Å². The average Bonchev–Trinajstić information content (AvgIpc) is 3.82. The normalized spacial score (nSPS) is 20.5. The summed E-state index contributed by atoms with van der Waals surface area (Å²) >= 11 is 0. The molecule has 1 aromatic carbocycles. The first-order valence-corrected chi connectivity index (χ1v) is 14.7. The van der Waals surface area contributed by atoms with Crippen molar-refractivity contribution in [3.63, 3.8) is 0 Å². The minimum atomic E-state index is -3.04. The lowest BCUT2D eigenvalue weighted by Crippen LogP contribution is -2.54. The topological polar surface area (TPSA) is 141 Å². The smallest absolute Gasteiger partial charge is 0.408 e. The molecule has 1 heterocycles. The van der Waals surface area contributed by atoms with Crippen LogP contribution >= 0.6 is 0 Å². The van der Waals surface area contributed by atoms with Crippen molar-refractivity contribution in [2.24, 2.45) is 11.8 Å². The molecule has 0 spiro atoms. The minimum Gasteiger partial charge on any atom is -0.489 e. The first-order valence-electron chi connectivity index (χ1n) is 14.7. The second-order valence-electron chi connectivity index (χ2n) is 12.6. The Bertz CT molecular complexity index is 1340. The number of benzene rings is 1. The predicted octanol–water partition coefficient (Wildman–Crippen LogP) is 5.10. The van der Waals surface area contributed by atoms with Gasteiger partial charge in [-0.25, -0.2) is 9.78 Å². The molecule has 3 N–H and O–H groups in total. The fraction of sp³-hybridized carbons (Fsp3) is 0.600. The van der Waals surface area contributed by atoms with Gasteiger partial charge in [0.25, 0.3) is 5.91 Å². The van der Waals surface area contributed by atoms with E-state index in [9.17, 15) is 23.2 Å². The first-order chi connectivity index (χ1) is 20.3. The lowest BCUT2D eigenvalue weighted by molar-refractivity contribution is -0.123. The summed E-state index contributed by atoms with van der Waals surface area (Å²) in [5.74, 6) is -0.0159. The molecular formula is C30H38F2N4O7. The van der Waals surface area contributed by atoms with E-state index in [2.05, 4.69) is 25.7 Å². The Morgan fingerprint density at radius 2 is 1.74 bits per heavy atom. The number of alkyl halides is 2. The Morgan fingerprint density at radius 1 is 1.05 bits per heavy atom. The second kappa shape index (κ2) is 12.4. The summed E-state index contributed by atoms with van der Waals surface area (Å²) in [7, 11) is 0. The van der Waals surface area contributed by atoms with Crippen LogP contribution in [0.1, 0.15) is 88.6 Å². The highest BCUT2D eigenvalue weighted by Crippen LogP contribution is 2.38. The molecule has 0 saturated heterocycles. The molecule has 43 heavy (non-hydrogen) atoms. The Labute approximate surface area is 248 Å². The van der Waals surface area contributed by atoms with E-state index in [4.69, 9.17) is 13.9 Å². The number of rotatable bonds is 12. The molecule has 5 rings (SSSR count). The van der Waals surface area contributed by atoms with Gasteiger partial charge in [-0.1, -0.05) is 0 Å². The van der Waals surface area contributed by atoms with Crippen molar-refractivity contribution < 1.29 is 41.8 Å². The van der Waals surface area contributed by atoms with Crippen LogP contribution in [-0.2, 0) is 9.53 Å². The number of amides is 3. The largest absolute Gasteiger partial charge is 0.489 e. The Kier molecular flexibility index (Phi) is 8.79. The highest BCUT2D eigenvalue weighted by Gasteiger charge is 2.37. The molecule has 3 amide bonds. The predicted molar refractivity (Wildman–Crippen MR) is 150 cm³/mol. The van der Waals surface area contributed by atoms with Gasteiger partial charge in [0, 0.05) is 29.1 Å². The van der Waals surface area contributed by atoms with Crippen LogP contribution in [-0.4, -0.2) is 53.7 Å². The zero-order valence-corrected chi connectivity index (χ0v) is 24.7. The summed E-state index contributed by atoms with van der Waals surface area (Å²) in [4.78, 5) is 42.4. The average molecular weight is 605 g/mol. The van der Waals surface area contributed by atoms with Gasteiger partial charge in [-0.3, -0.25) is 9.59 Å². The maximum absolute atomic E-state index is 13.4. The highest BCUT2D eigenvalue weighted by atomic mass is 19.3. The number of nitrogens with zero attached hydrogens (tertiary/aromatic N) is 1. The van der Waals surface area contributed by atoms with Crippen molar-refractivity contribution >= 4 is 17.9 Å². The van der Waals surface area contributed by atoms with Crippen molar-refractivity contribution in [1.82, 2.24) is 20.9 Å². The van der Waals surface area contributed by atoms with Gasteiger partial charge in [0.2, 0.25) is 11.8 Å². The molecule has 2 aromatic rings. The van der Waals surface area contributed by atoms with Crippen molar-refractivity contribution in [1.29, 1.82) is 0 Å². The molecule has 11 nitrogen and oxygen atoms in total. The number of ether oxygens (including phenoxy) is 3. The standard InChI is InChI=1S/C30H38F2N4O7/c1-15(41-29(39)36-30(2,3)4)24-23(26(38)34-20-12-19(13-20)33-25(37)17-7-8-17)35-27(43-24)18-9-10-21(42-28(31)32)22(11-18)40-14-16-5-6-16/h9-11,15-17,19-20,28H,5-8,12-14H2,1-4H3,(H,33,37)(H,34,38)(H,36,39)/t15-,19?,20?/m0/s1. The Hall–Kier alpha value is -3.90. The number of halogens is 2. The highest BCUT2D eigenvalue weighted by molar-refractivity contribution is 5.94. The van der Waals surface area contributed by atoms with Gasteiger partial charge in [-0.15, -0.1) is 0 Å². The molecule has 234 valence electrons. The summed E-state index contributed by atoms with van der Waals surface area (Å²) in [6.07, 6.45) is 3.30. The number of alkyl carbamates (subject to hydrolysis) is 1. The van der Waals surface area contributed by atoms with Crippen LogP contribution in [0.2, 0.25) is 0 Å². The van der Waals surface area contributed by atoms with Crippen LogP contribution < -0.4 is 25.4 Å². The summed E-state index contributed by atoms with van der Waals surface area (Å²) in [6, 6.07) is 4.08. The SMILES string of the molecule is C[C@H](OC(=O)NC(C)(C)C)c1oc(-c2ccc(OC(F)F)c(OCC3CC3)c2)nc1C(=O)NC1CC(NC(=O)C2CC2)C1. The number of carbonyl (C=O) groups is 3. The summed E-state index contributed by atoms with van der Waals surface area (Å²) < 4.78 is 47.9. The molecule has 13 heteroatoms. The summed E-state index contributed by atoms with van der Waals surface area (Å²) in [5.41, 5.74) is -0.284. The van der Waals surface area contributed by atoms with E-state index in [1.54, 1.807) is 27.7 Å². The van der Waals surface area contributed by atoms with E-state index >= 15 is 0 Å². The van der Waals surface area contributed by atoms with Gasteiger partial charge >= 0.3 is 12.7 Å². The number of aromatic nitrogens is 1. The van der Waals surface area contributed by atoms with Crippen LogP contribution in [0.4, 0.5) is 13.6 Å². The third kappa shape index (κ3) is 8.35. The number of nitrogens with one attached hydrogen (secondary N) is 3. The molecular weight excluding hydrogens is 566 g/mol. The van der Waals surface area contributed by atoms with E-state index in [0.29, 0.717) is 30.9 Å². The van der Waals surface area contributed by atoms with Crippen molar-refractivity contribution in [3.05, 3.63) is 29.7 Å². The molecule has 0 aliphatic heterocycles. The molecule has 0 radical (unpaired) electrons. The van der Waals surface area contributed by atoms with Crippen molar-refractivity contribution in [2.75, 3.05) is 6.61 Å². The molecule has 1 aromatic heterocycles. The van der Waals surface area contributed by atoms with Gasteiger partial charge in [0.05, 0.1) is 6.61 Å². The lowest BCUT2D eigenvalue weighted by Gasteiger charge is -2.36. The number of hydrogen-bond acceptors (Lipinski definition) is 8. The number of hydrogen-bond donors (Lipinski definition) is 3. The second-order valence-corrected chi connectivity index (χ2v) is 12.6. The molecule has 3 aliphatic rings. The number of oxazole rings is 1. The van der Waals surface area contributed by atoms with Gasteiger partial charge in [0.15, 0.2) is 29.1 Å². The molecule has 3 saturated carbocycles. The fourth-order valence-electron chi connectivity index (χ4n) is 4.65. The minimum absolute atomic E-state index is 0.00266. The van der Waals surface area contributed by atoms with E-state index < -0.39 is 30.3 Å². The molecule has 3 aliphatic carbocycles. The maximum atomic E-state index is 13.4. The third-order valence-corrected chi connectivity index (χ3v) is 7.34. The fourth-order valence-corrected chi connectivity index (χ4v) is 4.65. The molecule has 0 bridgehead atoms. The summed E-state index contributed by atoms with van der Waals surface area (Å²) in [6.45, 7) is 4.27. The van der Waals surface area contributed by atoms with Crippen molar-refractivity contribution in [2.45, 2.75) is 96.6 Å². The monoisotopic (exact) mass is 604 g/mol. The van der Waals surface area contributed by atoms with Crippen LogP contribution in [0, 0.1) is 11.8 Å². The molecule has 1 atom stereocenters. The van der Waals surface area contributed by atoms with Gasteiger partial charge in [0.1, 0.15) is 0 Å². The Balaban J connectivity index is 1.35. The van der Waals surface area contributed by atoms with Crippen LogP contribution in [0.25, 0.3) is 11.5 Å². The summed E-state index contributed by atoms with van der Waals surface area (Å²) in [5, 5.41) is 8.62. The quantitative estimate of drug-likeness (QED) is 0.304. The lowest BCUT2D eigenvalue weighted by atomic mass is 9.86. The van der Waals surface area contributed by atoms with Crippen LogP contribution in [0.3, 0.4) is 0 Å². The molecule has 0 unspecified atom stereocenters. The number of carbonyl (C=O) groups excluding carboxylic acids is 3. The van der Waals surface area contributed by atoms with Crippen LogP contribution in [0.5, 0.6) is 11.5 Å². The third-order valence-electron chi connectivity index (χ3n) is 7.34. The van der Waals surface area contributed by atoms with Crippen LogP contribution in [0.15, 0.2) is 22.6 Å². The first kappa shape index (κ1) is 30.6. The van der Waals surface area contributed by atoms with Gasteiger partial charge < -0.3 is 34.6 Å². The Morgan fingerprint density at radius 3 is 2.37 bits per heavy atom. The zero-order chi connectivity index (χ0) is 30.9. The van der Waals surface area contributed by atoms with E-state index in [1.165, 1.54) is 18.2 Å². The van der Waals surface area contributed by atoms with Gasteiger partial charge in [-0.2, -0.15) is 8.78 Å². The van der Waals surface area contributed by atoms with E-state index in [1.807, 2.05) is 0 Å². The van der Waals surface area contributed by atoms with Gasteiger partial charge in [-0.05, 0) is 90.3 Å². The maximum Gasteiger partial charge on any atom is 0.408 e. The zero-order valence-electron chi connectivity index (χ0n) is 24.7. The molecule has 3 fully saturated rings. The van der Waals surface area contributed by atoms with E-state index in [0.717, 1.165) is 25.7 Å².